The minimum atomic E-state index is 0.566. The largest absolute Gasteiger partial charge is 0.489 e. The topological polar surface area (TPSA) is 51.0 Å². The maximum absolute atomic E-state index is 5.84. The molecule has 1 radical (unpaired) electrons. The van der Waals surface area contributed by atoms with Gasteiger partial charge in [0.1, 0.15) is 12.4 Å². The molecule has 0 atom stereocenters. The fourth-order valence-electron chi connectivity index (χ4n) is 2.29. The lowest BCUT2D eigenvalue weighted by molar-refractivity contribution is 0.306. The summed E-state index contributed by atoms with van der Waals surface area (Å²) >= 11 is 0. The number of rotatable bonds is 5. The van der Waals surface area contributed by atoms with Crippen LogP contribution < -0.4 is 10.5 Å². The highest BCUT2D eigenvalue weighted by Gasteiger charge is 2.05. The minimum absolute atomic E-state index is 0.566. The molecule has 3 heteroatoms. The van der Waals surface area contributed by atoms with Gasteiger partial charge in [0.15, 0.2) is 0 Å². The summed E-state index contributed by atoms with van der Waals surface area (Å²) in [6.07, 6.45) is 2.90. The molecule has 0 unspecified atom stereocenters. The van der Waals surface area contributed by atoms with Gasteiger partial charge in [-0.2, -0.15) is 0 Å². The predicted molar refractivity (Wildman–Crippen MR) is 80.7 cm³/mol. The Labute approximate surface area is 118 Å². The maximum atomic E-state index is 5.84. The van der Waals surface area contributed by atoms with E-state index in [-0.39, 0.29) is 0 Å². The number of hydrogen-bond donors (Lipinski definition) is 2. The van der Waals surface area contributed by atoms with Crippen LogP contribution in [0.5, 0.6) is 5.75 Å². The Bertz CT molecular complexity index is 689. The van der Waals surface area contributed by atoms with Crippen molar-refractivity contribution in [2.24, 2.45) is 5.73 Å². The lowest BCUT2D eigenvalue weighted by Gasteiger charge is -2.07. The van der Waals surface area contributed by atoms with E-state index in [1.54, 1.807) is 0 Å². The fourth-order valence-corrected chi connectivity index (χ4v) is 2.29. The van der Waals surface area contributed by atoms with Gasteiger partial charge in [0.05, 0.1) is 0 Å². The SMILES string of the molecule is NCCc1c[nH]c2ccc(OCc3cc[c]cc3)cc12. The molecule has 3 nitrogen and oxygen atoms in total. The van der Waals surface area contributed by atoms with Gasteiger partial charge in [0.25, 0.3) is 0 Å². The number of ether oxygens (including phenoxy) is 1. The van der Waals surface area contributed by atoms with Crippen molar-refractivity contribution in [2.75, 3.05) is 6.54 Å². The van der Waals surface area contributed by atoms with Crippen molar-refractivity contribution in [1.29, 1.82) is 0 Å². The molecule has 1 aromatic heterocycles. The van der Waals surface area contributed by atoms with Crippen LogP contribution in [0.15, 0.2) is 48.7 Å². The average molecular weight is 265 g/mol. The molecule has 1 heterocycles. The van der Waals surface area contributed by atoms with Gasteiger partial charge in [-0.25, -0.2) is 0 Å². The fraction of sp³-hybridized carbons (Fsp3) is 0.176. The van der Waals surface area contributed by atoms with Crippen LogP contribution in [0.2, 0.25) is 0 Å². The summed E-state index contributed by atoms with van der Waals surface area (Å²) in [5.74, 6) is 0.878. The number of aromatic amines is 1. The molecular weight excluding hydrogens is 248 g/mol. The van der Waals surface area contributed by atoms with Crippen molar-refractivity contribution in [3.05, 3.63) is 65.9 Å². The quantitative estimate of drug-likeness (QED) is 0.745. The Balaban J connectivity index is 1.79. The van der Waals surface area contributed by atoms with Crippen LogP contribution in [-0.2, 0) is 13.0 Å². The molecule has 0 aliphatic rings. The smallest absolute Gasteiger partial charge is 0.120 e. The van der Waals surface area contributed by atoms with E-state index in [9.17, 15) is 0 Å². The first-order valence-electron chi connectivity index (χ1n) is 6.74. The summed E-state index contributed by atoms with van der Waals surface area (Å²) < 4.78 is 5.84. The van der Waals surface area contributed by atoms with Crippen LogP contribution in [0.1, 0.15) is 11.1 Å². The Kier molecular flexibility index (Phi) is 3.70. The Morgan fingerprint density at radius 2 is 2.00 bits per heavy atom. The third-order valence-electron chi connectivity index (χ3n) is 3.35. The number of aromatic nitrogens is 1. The number of benzene rings is 2. The number of fused-ring (bicyclic) bond motifs is 1. The van der Waals surface area contributed by atoms with E-state index in [1.807, 2.05) is 42.6 Å². The zero-order valence-electron chi connectivity index (χ0n) is 11.2. The first kappa shape index (κ1) is 12.8. The van der Waals surface area contributed by atoms with Gasteiger partial charge in [-0.15, -0.1) is 0 Å². The van der Waals surface area contributed by atoms with E-state index in [2.05, 4.69) is 17.1 Å². The van der Waals surface area contributed by atoms with Gasteiger partial charge in [0, 0.05) is 17.1 Å². The third-order valence-corrected chi connectivity index (χ3v) is 3.35. The second kappa shape index (κ2) is 5.80. The van der Waals surface area contributed by atoms with Gasteiger partial charge in [0.2, 0.25) is 0 Å². The number of H-pyrrole nitrogens is 1. The summed E-state index contributed by atoms with van der Waals surface area (Å²) in [6.45, 7) is 1.22. The lowest BCUT2D eigenvalue weighted by atomic mass is 10.1. The summed E-state index contributed by atoms with van der Waals surface area (Å²) in [5.41, 5.74) is 9.13. The lowest BCUT2D eigenvalue weighted by Crippen LogP contribution is -2.01. The molecule has 0 spiro atoms. The first-order chi connectivity index (χ1) is 9.86. The maximum Gasteiger partial charge on any atom is 0.120 e. The second-order valence-electron chi connectivity index (χ2n) is 4.76. The standard InChI is InChI=1S/C17H17N2O/c18-9-8-14-11-19-17-7-6-15(10-16(14)17)20-12-13-4-2-1-3-5-13/h2-7,10-11,19H,8-9,12,18H2. The number of hydrogen-bond acceptors (Lipinski definition) is 2. The number of nitrogens with one attached hydrogen (secondary N) is 1. The summed E-state index contributed by atoms with van der Waals surface area (Å²) in [5, 5.41) is 1.19. The summed E-state index contributed by atoms with van der Waals surface area (Å²) in [4.78, 5) is 3.26. The van der Waals surface area contributed by atoms with E-state index >= 15 is 0 Å². The molecule has 0 fully saturated rings. The van der Waals surface area contributed by atoms with Crippen molar-refractivity contribution >= 4 is 10.9 Å². The van der Waals surface area contributed by atoms with Crippen LogP contribution in [0, 0.1) is 6.07 Å². The highest BCUT2D eigenvalue weighted by Crippen LogP contribution is 2.24. The third kappa shape index (κ3) is 2.68. The number of nitrogens with two attached hydrogens (primary N) is 1. The van der Waals surface area contributed by atoms with Crippen LogP contribution in [-0.4, -0.2) is 11.5 Å². The van der Waals surface area contributed by atoms with Crippen LogP contribution in [0.25, 0.3) is 10.9 Å². The Hall–Kier alpha value is -2.26. The predicted octanol–water partition coefficient (Wildman–Crippen LogP) is 3.05. The van der Waals surface area contributed by atoms with Crippen molar-refractivity contribution in [1.82, 2.24) is 4.98 Å². The summed E-state index contributed by atoms with van der Waals surface area (Å²) in [7, 11) is 0. The van der Waals surface area contributed by atoms with Gasteiger partial charge in [-0.05, 0) is 48.4 Å². The van der Waals surface area contributed by atoms with Crippen LogP contribution >= 0.6 is 0 Å². The Morgan fingerprint density at radius 1 is 1.15 bits per heavy atom. The first-order valence-corrected chi connectivity index (χ1v) is 6.74. The normalized spacial score (nSPS) is 10.8. The van der Waals surface area contributed by atoms with E-state index in [1.165, 1.54) is 10.9 Å². The molecule has 0 bridgehead atoms. The molecular formula is C17H17N2O. The van der Waals surface area contributed by atoms with Crippen LogP contribution in [0.4, 0.5) is 0 Å². The van der Waals surface area contributed by atoms with E-state index in [0.29, 0.717) is 13.2 Å². The second-order valence-corrected chi connectivity index (χ2v) is 4.76. The molecule has 0 aliphatic carbocycles. The van der Waals surface area contributed by atoms with Gasteiger partial charge < -0.3 is 15.5 Å². The molecule has 3 N–H and O–H groups in total. The Morgan fingerprint density at radius 3 is 2.80 bits per heavy atom. The molecule has 0 amide bonds. The van der Waals surface area contributed by atoms with E-state index < -0.39 is 0 Å². The van der Waals surface area contributed by atoms with Gasteiger partial charge >= 0.3 is 0 Å². The highest BCUT2D eigenvalue weighted by atomic mass is 16.5. The highest BCUT2D eigenvalue weighted by molar-refractivity contribution is 5.84. The molecule has 2 aromatic carbocycles. The zero-order chi connectivity index (χ0) is 13.8. The minimum Gasteiger partial charge on any atom is -0.489 e. The van der Waals surface area contributed by atoms with E-state index in [0.717, 1.165) is 23.3 Å². The van der Waals surface area contributed by atoms with Crippen molar-refractivity contribution in [3.63, 3.8) is 0 Å². The monoisotopic (exact) mass is 265 g/mol. The molecule has 0 saturated carbocycles. The molecule has 101 valence electrons. The molecule has 3 aromatic rings. The molecule has 20 heavy (non-hydrogen) atoms. The summed E-state index contributed by atoms with van der Waals surface area (Å²) in [6, 6.07) is 16.9. The molecule has 0 saturated heterocycles. The van der Waals surface area contributed by atoms with Crippen molar-refractivity contribution < 1.29 is 4.74 Å². The molecule has 0 aliphatic heterocycles. The van der Waals surface area contributed by atoms with Gasteiger partial charge in [-0.3, -0.25) is 0 Å². The van der Waals surface area contributed by atoms with E-state index in [4.69, 9.17) is 10.5 Å². The zero-order valence-corrected chi connectivity index (χ0v) is 11.2. The van der Waals surface area contributed by atoms with Crippen LogP contribution in [0.3, 0.4) is 0 Å². The van der Waals surface area contributed by atoms with Gasteiger partial charge in [-0.1, -0.05) is 24.3 Å². The van der Waals surface area contributed by atoms with Crippen molar-refractivity contribution in [3.8, 4) is 5.75 Å². The van der Waals surface area contributed by atoms with Crippen molar-refractivity contribution in [2.45, 2.75) is 13.0 Å². The molecule has 3 rings (SSSR count). The average Bonchev–Trinajstić information content (AvgIpc) is 2.89.